The van der Waals surface area contributed by atoms with Crippen LogP contribution in [-0.2, 0) is 18.9 Å². The van der Waals surface area contributed by atoms with E-state index in [1.807, 2.05) is 12.1 Å². The molecule has 0 saturated heterocycles. The number of hydrogen-bond donors (Lipinski definition) is 1. The number of methoxy groups -OCH3 is 2. The lowest BCUT2D eigenvalue weighted by Crippen LogP contribution is -2.57. The lowest BCUT2D eigenvalue weighted by Gasteiger charge is -2.39. The molecule has 2 aliphatic heterocycles. The summed E-state index contributed by atoms with van der Waals surface area (Å²) in [5, 5.41) is 9.49. The van der Waals surface area contributed by atoms with Gasteiger partial charge in [0.25, 0.3) is 0 Å². The summed E-state index contributed by atoms with van der Waals surface area (Å²) in [6.07, 6.45) is 0.155. The van der Waals surface area contributed by atoms with Crippen LogP contribution in [0, 0.1) is 37.3 Å². The van der Waals surface area contributed by atoms with Gasteiger partial charge in [-0.2, -0.15) is 11.6 Å². The van der Waals surface area contributed by atoms with Gasteiger partial charge in [0.05, 0.1) is 37.6 Å². The maximum atomic E-state index is 11.6. The normalized spacial score (nSPS) is 15.0. The molecule has 0 aliphatic carbocycles. The van der Waals surface area contributed by atoms with E-state index in [1.54, 1.807) is 26.4 Å². The van der Waals surface area contributed by atoms with Crippen LogP contribution >= 0.6 is 0 Å². The fourth-order valence-electron chi connectivity index (χ4n) is 5.71. The SMILES string of the molecule is COCCOCC#C[B-]1(C#CCOCCOC)n2c(C)cc(C)c2C(c2ccc(C(=O)O)cc2)=C2C(C)=CC(C)=[N+]21. The van der Waals surface area contributed by atoms with Crippen molar-refractivity contribution in [1.29, 1.82) is 0 Å². The van der Waals surface area contributed by atoms with Gasteiger partial charge in [-0.3, -0.25) is 0 Å². The number of aryl methyl sites for hydroxylation is 2. The van der Waals surface area contributed by atoms with Crippen LogP contribution in [0.2, 0.25) is 0 Å². The molecular weight excluding hydrogens is 519 g/mol. The van der Waals surface area contributed by atoms with Gasteiger partial charge in [0.2, 0.25) is 0 Å². The van der Waals surface area contributed by atoms with Gasteiger partial charge in [-0.1, -0.05) is 12.1 Å². The highest BCUT2D eigenvalue weighted by Gasteiger charge is 2.50. The number of carboxylic acids is 1. The molecule has 1 aromatic carbocycles. The van der Waals surface area contributed by atoms with Crippen LogP contribution < -0.4 is 0 Å². The molecule has 0 saturated carbocycles. The zero-order chi connectivity index (χ0) is 29.6. The highest BCUT2D eigenvalue weighted by molar-refractivity contribution is 6.87. The summed E-state index contributed by atoms with van der Waals surface area (Å²) >= 11 is 0. The summed E-state index contributed by atoms with van der Waals surface area (Å²) in [4.78, 5) is 11.6. The zero-order valence-corrected chi connectivity index (χ0v) is 24.7. The summed E-state index contributed by atoms with van der Waals surface area (Å²) in [6.45, 7) is 10.7. The second-order valence-electron chi connectivity index (χ2n) is 10.1. The standard InChI is InChI=1S/C32H37BN2O6/c1-23-21-25(3)34-30(23)29(27-9-11-28(12-10-27)32(36)37)31-24(2)22-26(4)35(31)33(34,13-7-15-40-19-17-38-5)14-8-16-41-20-18-39-6/h9-12,21-22H,15-20H2,1-6H3,(H,36,37). The van der Waals surface area contributed by atoms with E-state index >= 15 is 0 Å². The van der Waals surface area contributed by atoms with E-state index in [1.165, 1.54) is 0 Å². The first-order valence-corrected chi connectivity index (χ1v) is 13.6. The Balaban J connectivity index is 1.95. The Labute approximate surface area is 242 Å². The number of rotatable bonds is 10. The molecule has 4 rings (SSSR count). The smallest absolute Gasteiger partial charge is 0.478 e. The number of nitrogens with zero attached hydrogens (tertiary/aromatic N) is 2. The third-order valence-electron chi connectivity index (χ3n) is 7.30. The first-order valence-electron chi connectivity index (χ1n) is 13.6. The third-order valence-corrected chi connectivity index (χ3v) is 7.30. The number of aromatic carboxylic acids is 1. The molecule has 2 aliphatic rings. The van der Waals surface area contributed by atoms with Crippen molar-refractivity contribution < 1.29 is 33.3 Å². The van der Waals surface area contributed by atoms with Crippen molar-refractivity contribution >= 4 is 23.7 Å². The maximum Gasteiger partial charge on any atom is 0.520 e. The van der Waals surface area contributed by atoms with E-state index in [-0.39, 0.29) is 18.8 Å². The van der Waals surface area contributed by atoms with Gasteiger partial charge in [-0.25, -0.2) is 4.79 Å². The Kier molecular flexibility index (Phi) is 9.70. The minimum atomic E-state index is -2.00. The van der Waals surface area contributed by atoms with Crippen LogP contribution in [0.1, 0.15) is 46.7 Å². The number of aromatic nitrogens is 1. The Morgan fingerprint density at radius 2 is 1.51 bits per heavy atom. The number of fused-ring (bicyclic) bond motifs is 2. The number of ether oxygens (including phenoxy) is 4. The van der Waals surface area contributed by atoms with E-state index in [0.29, 0.717) is 26.4 Å². The predicted molar refractivity (Wildman–Crippen MR) is 160 cm³/mol. The van der Waals surface area contributed by atoms with Gasteiger partial charge in [0.15, 0.2) is 5.70 Å². The average molecular weight is 556 g/mol. The summed E-state index contributed by atoms with van der Waals surface area (Å²) in [5.41, 5.74) is 8.46. The number of allylic oxidation sites excluding steroid dienone is 2. The highest BCUT2D eigenvalue weighted by atomic mass is 16.5. The van der Waals surface area contributed by atoms with Crippen molar-refractivity contribution in [3.05, 3.63) is 75.8 Å². The Hall–Kier alpha value is -3.86. The molecule has 9 heteroatoms. The van der Waals surface area contributed by atoms with E-state index in [9.17, 15) is 9.90 Å². The molecule has 0 radical (unpaired) electrons. The molecule has 3 heterocycles. The molecule has 1 N–H and O–H groups in total. The molecule has 41 heavy (non-hydrogen) atoms. The number of benzene rings is 1. The molecule has 0 spiro atoms. The van der Waals surface area contributed by atoms with Gasteiger partial charge in [-0.05, 0) is 55.8 Å². The number of carboxylic acid groups (broad SMARTS) is 1. The number of hydrogen-bond acceptors (Lipinski definition) is 5. The monoisotopic (exact) mass is 556 g/mol. The topological polar surface area (TPSA) is 82.2 Å². The van der Waals surface area contributed by atoms with Gasteiger partial charge < -0.3 is 33.0 Å². The van der Waals surface area contributed by atoms with Crippen LogP contribution in [-0.4, -0.2) is 86.0 Å². The summed E-state index contributed by atoms with van der Waals surface area (Å²) in [5.74, 6) is 12.7. The third kappa shape index (κ3) is 5.95. The fraction of sp³-hybridized carbons (Fsp3) is 0.375. The summed E-state index contributed by atoms with van der Waals surface area (Å²) in [7, 11) is 3.28. The second kappa shape index (κ2) is 13.2. The van der Waals surface area contributed by atoms with Crippen molar-refractivity contribution in [2.75, 3.05) is 53.9 Å². The fourth-order valence-corrected chi connectivity index (χ4v) is 5.71. The van der Waals surface area contributed by atoms with Crippen molar-refractivity contribution in [1.82, 2.24) is 4.48 Å². The van der Waals surface area contributed by atoms with Gasteiger partial charge >= 0.3 is 12.4 Å². The molecule has 214 valence electrons. The Bertz CT molecular complexity index is 1510. The van der Waals surface area contributed by atoms with Crippen molar-refractivity contribution in [2.45, 2.75) is 27.7 Å². The van der Waals surface area contributed by atoms with Crippen molar-refractivity contribution in [3.63, 3.8) is 0 Å². The lowest BCUT2D eigenvalue weighted by atomic mass is 9.45. The van der Waals surface area contributed by atoms with Crippen LogP contribution in [0.5, 0.6) is 0 Å². The molecule has 2 aromatic rings. The average Bonchev–Trinajstić information content (AvgIpc) is 3.42. The molecule has 0 fully saturated rings. The predicted octanol–water partition coefficient (Wildman–Crippen LogP) is 3.71. The van der Waals surface area contributed by atoms with Gasteiger partial charge in [-0.15, -0.1) is 11.8 Å². The minimum Gasteiger partial charge on any atom is -0.478 e. The van der Waals surface area contributed by atoms with Crippen LogP contribution in [0.3, 0.4) is 0 Å². The van der Waals surface area contributed by atoms with Gasteiger partial charge in [0.1, 0.15) is 18.9 Å². The second-order valence-corrected chi connectivity index (χ2v) is 10.1. The largest absolute Gasteiger partial charge is 0.520 e. The molecule has 0 amide bonds. The molecule has 0 unspecified atom stereocenters. The van der Waals surface area contributed by atoms with E-state index in [0.717, 1.165) is 45.1 Å². The first kappa shape index (κ1) is 30.1. The van der Waals surface area contributed by atoms with E-state index in [4.69, 9.17) is 18.9 Å². The van der Waals surface area contributed by atoms with Crippen LogP contribution in [0.25, 0.3) is 5.57 Å². The van der Waals surface area contributed by atoms with Crippen LogP contribution in [0.15, 0.2) is 47.7 Å². The molecule has 1 aromatic heterocycles. The molecule has 0 bridgehead atoms. The van der Waals surface area contributed by atoms with E-state index < -0.39 is 12.4 Å². The van der Waals surface area contributed by atoms with Crippen molar-refractivity contribution in [2.24, 2.45) is 0 Å². The lowest BCUT2D eigenvalue weighted by molar-refractivity contribution is -0.329. The quantitative estimate of drug-likeness (QED) is 0.273. The molecular formula is C32H37BN2O6. The summed E-state index contributed by atoms with van der Waals surface area (Å²) < 4.78 is 26.1. The molecule has 8 nitrogen and oxygen atoms in total. The summed E-state index contributed by atoms with van der Waals surface area (Å²) in [6, 6.07) is 9.21. The molecule has 0 atom stereocenters. The minimum absolute atomic E-state index is 0.244. The van der Waals surface area contributed by atoms with E-state index in [2.05, 4.69) is 72.3 Å². The first-order chi connectivity index (χ1) is 19.8. The highest BCUT2D eigenvalue weighted by Crippen LogP contribution is 2.43. The maximum absolute atomic E-state index is 11.6. The van der Waals surface area contributed by atoms with Crippen molar-refractivity contribution in [3.8, 4) is 23.5 Å². The van der Waals surface area contributed by atoms with Crippen LogP contribution in [0.4, 0.5) is 0 Å². The van der Waals surface area contributed by atoms with Gasteiger partial charge in [0, 0.05) is 38.5 Å². The Morgan fingerprint density at radius 1 is 0.927 bits per heavy atom. The Morgan fingerprint density at radius 3 is 2.05 bits per heavy atom. The number of carbonyl (C=O) groups is 1. The zero-order valence-electron chi connectivity index (χ0n) is 24.7.